The van der Waals surface area contributed by atoms with E-state index in [-0.39, 0.29) is 12.5 Å². The van der Waals surface area contributed by atoms with E-state index in [1.807, 2.05) is 0 Å². The minimum atomic E-state index is -0.647. The van der Waals surface area contributed by atoms with Crippen molar-refractivity contribution in [3.63, 3.8) is 0 Å². The van der Waals surface area contributed by atoms with Gasteiger partial charge in [0.15, 0.2) is 0 Å². The van der Waals surface area contributed by atoms with Gasteiger partial charge in [-0.15, -0.1) is 0 Å². The molecular weight excluding hydrogens is 374 g/mol. The lowest BCUT2D eigenvalue weighted by Gasteiger charge is -2.22. The number of carbonyl (C=O) groups excluding carboxylic acids is 1. The van der Waals surface area contributed by atoms with Crippen LogP contribution in [0.2, 0.25) is 0 Å². The summed E-state index contributed by atoms with van der Waals surface area (Å²) in [5.74, 6) is -0.0463. The Bertz CT molecular complexity index is 362. The molecule has 2 atom stereocenters. The summed E-state index contributed by atoms with van der Waals surface area (Å²) in [4.78, 5) is 12.0. The number of rotatable bonds is 23. The molecule has 4 nitrogen and oxygen atoms in total. The van der Waals surface area contributed by atoms with Gasteiger partial charge in [-0.25, -0.2) is 0 Å². The number of unbranched alkanes of at least 4 members (excludes halogenated alkanes) is 16. The molecule has 0 aliphatic heterocycles. The minimum Gasteiger partial charge on any atom is -0.394 e. The Morgan fingerprint density at radius 2 is 1.07 bits per heavy atom. The predicted octanol–water partition coefficient (Wildman–Crippen LogP) is 6.67. The Hall–Kier alpha value is -0.610. The van der Waals surface area contributed by atoms with E-state index < -0.39 is 12.1 Å². The summed E-state index contributed by atoms with van der Waals surface area (Å²) < 4.78 is 0. The van der Waals surface area contributed by atoms with Crippen LogP contribution >= 0.6 is 0 Å². The van der Waals surface area contributed by atoms with Gasteiger partial charge in [0.25, 0.3) is 0 Å². The molecule has 0 unspecified atom stereocenters. The van der Waals surface area contributed by atoms with Crippen molar-refractivity contribution in [2.45, 2.75) is 154 Å². The van der Waals surface area contributed by atoms with Gasteiger partial charge in [-0.1, -0.05) is 123 Å². The molecule has 0 rings (SSSR count). The maximum absolute atomic E-state index is 12.0. The van der Waals surface area contributed by atoms with E-state index in [0.717, 1.165) is 25.7 Å². The molecule has 180 valence electrons. The van der Waals surface area contributed by atoms with Gasteiger partial charge in [-0.05, 0) is 12.8 Å². The second-order valence-electron chi connectivity index (χ2n) is 9.12. The average Bonchev–Trinajstić information content (AvgIpc) is 2.75. The lowest BCUT2D eigenvalue weighted by atomic mass is 10.0. The van der Waals surface area contributed by atoms with E-state index >= 15 is 0 Å². The maximum Gasteiger partial charge on any atom is 0.220 e. The standard InChI is InChI=1S/C26H53NO3/c1-3-5-7-9-10-11-12-13-14-15-16-18-19-21-25(29)24(23-28)27-26(30)22-20-17-8-6-4-2/h24-25,28-29H,3-23H2,1-2H3,(H,27,30)/t24-,25+/m0/s1. The second-order valence-corrected chi connectivity index (χ2v) is 9.12. The molecule has 0 spiro atoms. The highest BCUT2D eigenvalue weighted by atomic mass is 16.3. The molecule has 4 heteroatoms. The fourth-order valence-corrected chi connectivity index (χ4v) is 4.00. The molecule has 0 radical (unpaired) electrons. The largest absolute Gasteiger partial charge is 0.394 e. The Kier molecular flexibility index (Phi) is 22.6. The molecule has 0 aliphatic carbocycles. The van der Waals surface area contributed by atoms with Gasteiger partial charge in [0.2, 0.25) is 5.91 Å². The molecule has 0 aliphatic rings. The van der Waals surface area contributed by atoms with E-state index in [2.05, 4.69) is 19.2 Å². The highest BCUT2D eigenvalue weighted by Crippen LogP contribution is 2.14. The summed E-state index contributed by atoms with van der Waals surface area (Å²) in [6, 6.07) is -0.523. The fourth-order valence-electron chi connectivity index (χ4n) is 4.00. The monoisotopic (exact) mass is 427 g/mol. The molecule has 0 saturated carbocycles. The van der Waals surface area contributed by atoms with Crippen LogP contribution in [0.3, 0.4) is 0 Å². The van der Waals surface area contributed by atoms with Crippen molar-refractivity contribution in [3.05, 3.63) is 0 Å². The minimum absolute atomic E-state index is 0.0463. The zero-order chi connectivity index (χ0) is 22.3. The first kappa shape index (κ1) is 29.4. The third-order valence-electron chi connectivity index (χ3n) is 6.12. The van der Waals surface area contributed by atoms with Crippen LogP contribution in [0.5, 0.6) is 0 Å². The first-order valence-electron chi connectivity index (χ1n) is 13.2. The highest BCUT2D eigenvalue weighted by Gasteiger charge is 2.19. The van der Waals surface area contributed by atoms with Crippen LogP contribution in [0.25, 0.3) is 0 Å². The van der Waals surface area contributed by atoms with E-state index in [0.29, 0.717) is 12.8 Å². The van der Waals surface area contributed by atoms with E-state index in [1.54, 1.807) is 0 Å². The normalized spacial score (nSPS) is 13.3. The van der Waals surface area contributed by atoms with Crippen molar-refractivity contribution in [2.75, 3.05) is 6.61 Å². The van der Waals surface area contributed by atoms with Crippen molar-refractivity contribution in [1.82, 2.24) is 5.32 Å². The summed E-state index contributed by atoms with van der Waals surface area (Å²) in [6.07, 6.45) is 23.0. The summed E-state index contributed by atoms with van der Waals surface area (Å²) in [6.45, 7) is 4.25. The van der Waals surface area contributed by atoms with Crippen LogP contribution < -0.4 is 5.32 Å². The van der Waals surface area contributed by atoms with Crippen molar-refractivity contribution in [3.8, 4) is 0 Å². The van der Waals surface area contributed by atoms with Crippen molar-refractivity contribution < 1.29 is 15.0 Å². The zero-order valence-corrected chi connectivity index (χ0v) is 20.3. The number of hydrogen-bond donors (Lipinski definition) is 3. The SMILES string of the molecule is CCCCCCCCCCCCCCC[C@@H](O)[C@H](CO)NC(=O)CCCCCCC. The molecular formula is C26H53NO3. The third kappa shape index (κ3) is 19.4. The van der Waals surface area contributed by atoms with Crippen LogP contribution in [0, 0.1) is 0 Å². The fraction of sp³-hybridized carbons (Fsp3) is 0.962. The molecule has 1 amide bonds. The molecule has 0 bridgehead atoms. The van der Waals surface area contributed by atoms with Crippen LogP contribution in [0.4, 0.5) is 0 Å². The van der Waals surface area contributed by atoms with Gasteiger partial charge < -0.3 is 15.5 Å². The topological polar surface area (TPSA) is 69.6 Å². The van der Waals surface area contributed by atoms with E-state index in [1.165, 1.54) is 89.9 Å². The van der Waals surface area contributed by atoms with Gasteiger partial charge in [-0.2, -0.15) is 0 Å². The second kappa shape index (κ2) is 23.1. The van der Waals surface area contributed by atoms with Gasteiger partial charge in [0, 0.05) is 6.42 Å². The molecule has 0 aromatic carbocycles. The molecule has 0 aromatic heterocycles. The van der Waals surface area contributed by atoms with E-state index in [9.17, 15) is 15.0 Å². The van der Waals surface area contributed by atoms with Crippen LogP contribution in [0.15, 0.2) is 0 Å². The van der Waals surface area contributed by atoms with Gasteiger partial charge in [0.1, 0.15) is 0 Å². The molecule has 0 heterocycles. The number of carbonyl (C=O) groups is 1. The quantitative estimate of drug-likeness (QED) is 0.160. The first-order valence-corrected chi connectivity index (χ1v) is 13.2. The number of aliphatic hydroxyl groups is 2. The lowest BCUT2D eigenvalue weighted by Crippen LogP contribution is -2.45. The first-order chi connectivity index (χ1) is 14.7. The number of aliphatic hydroxyl groups excluding tert-OH is 2. The summed E-state index contributed by atoms with van der Waals surface area (Å²) >= 11 is 0. The summed E-state index contributed by atoms with van der Waals surface area (Å²) in [5.41, 5.74) is 0. The lowest BCUT2D eigenvalue weighted by molar-refractivity contribution is -0.123. The highest BCUT2D eigenvalue weighted by molar-refractivity contribution is 5.76. The Morgan fingerprint density at radius 1 is 0.667 bits per heavy atom. The predicted molar refractivity (Wildman–Crippen MR) is 129 cm³/mol. The Labute approximate surface area is 187 Å². The Morgan fingerprint density at radius 3 is 1.50 bits per heavy atom. The van der Waals surface area contributed by atoms with Gasteiger partial charge in [-0.3, -0.25) is 4.79 Å². The summed E-state index contributed by atoms with van der Waals surface area (Å²) in [7, 11) is 0. The van der Waals surface area contributed by atoms with Crippen LogP contribution in [-0.2, 0) is 4.79 Å². The molecule has 0 fully saturated rings. The van der Waals surface area contributed by atoms with Crippen LogP contribution in [-0.4, -0.2) is 34.9 Å². The third-order valence-corrected chi connectivity index (χ3v) is 6.12. The average molecular weight is 428 g/mol. The molecule has 0 saturated heterocycles. The van der Waals surface area contributed by atoms with E-state index in [4.69, 9.17) is 0 Å². The number of nitrogens with one attached hydrogen (secondary N) is 1. The van der Waals surface area contributed by atoms with Crippen molar-refractivity contribution >= 4 is 5.91 Å². The van der Waals surface area contributed by atoms with Crippen molar-refractivity contribution in [1.29, 1.82) is 0 Å². The smallest absolute Gasteiger partial charge is 0.220 e. The number of amides is 1. The van der Waals surface area contributed by atoms with Gasteiger partial charge >= 0.3 is 0 Å². The molecule has 30 heavy (non-hydrogen) atoms. The molecule has 3 N–H and O–H groups in total. The van der Waals surface area contributed by atoms with Crippen molar-refractivity contribution in [2.24, 2.45) is 0 Å². The molecule has 0 aromatic rings. The van der Waals surface area contributed by atoms with Crippen LogP contribution in [0.1, 0.15) is 142 Å². The Balaban J connectivity index is 3.57. The van der Waals surface area contributed by atoms with Gasteiger partial charge in [0.05, 0.1) is 18.8 Å². The number of hydrogen-bond acceptors (Lipinski definition) is 3. The zero-order valence-electron chi connectivity index (χ0n) is 20.3. The summed E-state index contributed by atoms with van der Waals surface area (Å²) in [5, 5.41) is 22.6. The maximum atomic E-state index is 12.0.